The van der Waals surface area contributed by atoms with Crippen LogP contribution in [0.2, 0.25) is 0 Å². The van der Waals surface area contributed by atoms with Crippen molar-refractivity contribution in [2.45, 2.75) is 4.90 Å². The molecule has 0 radical (unpaired) electrons. The lowest BCUT2D eigenvalue weighted by Gasteiger charge is -2.07. The molecule has 0 saturated heterocycles. The molecule has 26 heavy (non-hydrogen) atoms. The number of ketones is 1. The molecule has 1 aromatic heterocycles. The Morgan fingerprint density at radius 1 is 1.00 bits per heavy atom. The molecule has 4 nitrogen and oxygen atoms in total. The summed E-state index contributed by atoms with van der Waals surface area (Å²) in [6.45, 7) is 0. The highest BCUT2D eigenvalue weighted by molar-refractivity contribution is 7.87. The predicted molar refractivity (Wildman–Crippen MR) is 98.3 cm³/mol. The van der Waals surface area contributed by atoms with E-state index in [-0.39, 0.29) is 16.4 Å². The molecule has 0 bridgehead atoms. The number of thiophene rings is 1. The predicted octanol–water partition coefficient (Wildman–Crippen LogP) is 4.55. The van der Waals surface area contributed by atoms with Crippen LogP contribution in [0.25, 0.3) is 6.08 Å². The Bertz CT molecular complexity index is 1020. The summed E-state index contributed by atoms with van der Waals surface area (Å²) in [7, 11) is -4.07. The summed E-state index contributed by atoms with van der Waals surface area (Å²) in [6, 6.07) is 13.9. The third kappa shape index (κ3) is 4.44. The lowest BCUT2D eigenvalue weighted by atomic mass is 10.1. The van der Waals surface area contributed by atoms with Gasteiger partial charge in [-0.05, 0) is 72.1 Å². The summed E-state index contributed by atoms with van der Waals surface area (Å²) >= 11 is 1.52. The first kappa shape index (κ1) is 18.0. The van der Waals surface area contributed by atoms with E-state index >= 15 is 0 Å². The van der Waals surface area contributed by atoms with Gasteiger partial charge in [-0.2, -0.15) is 8.42 Å². The molecule has 3 rings (SSSR count). The Balaban J connectivity index is 1.71. The third-order valence-corrected chi connectivity index (χ3v) is 5.49. The fourth-order valence-corrected chi connectivity index (χ4v) is 3.64. The minimum atomic E-state index is -4.07. The molecule has 132 valence electrons. The molecule has 0 atom stereocenters. The van der Waals surface area contributed by atoms with E-state index in [1.165, 1.54) is 41.7 Å². The van der Waals surface area contributed by atoms with Crippen molar-refractivity contribution >= 4 is 33.3 Å². The van der Waals surface area contributed by atoms with Gasteiger partial charge in [0.15, 0.2) is 5.78 Å². The van der Waals surface area contributed by atoms with Gasteiger partial charge < -0.3 is 4.18 Å². The molecule has 2 aromatic carbocycles. The summed E-state index contributed by atoms with van der Waals surface area (Å²) in [4.78, 5) is 12.9. The Morgan fingerprint density at radius 2 is 1.69 bits per heavy atom. The van der Waals surface area contributed by atoms with Crippen molar-refractivity contribution in [2.24, 2.45) is 0 Å². The van der Waals surface area contributed by atoms with E-state index in [2.05, 4.69) is 0 Å². The van der Waals surface area contributed by atoms with E-state index in [1.54, 1.807) is 6.08 Å². The van der Waals surface area contributed by atoms with Crippen molar-refractivity contribution in [3.05, 3.63) is 88.4 Å². The maximum atomic E-state index is 12.9. The largest absolute Gasteiger partial charge is 0.379 e. The highest BCUT2D eigenvalue weighted by Gasteiger charge is 2.16. The van der Waals surface area contributed by atoms with Crippen molar-refractivity contribution in [1.29, 1.82) is 0 Å². The van der Waals surface area contributed by atoms with Crippen LogP contribution in [-0.4, -0.2) is 14.2 Å². The molecule has 7 heteroatoms. The van der Waals surface area contributed by atoms with Crippen LogP contribution in [-0.2, 0) is 10.1 Å². The highest BCUT2D eigenvalue weighted by Crippen LogP contribution is 2.20. The monoisotopic (exact) mass is 388 g/mol. The van der Waals surface area contributed by atoms with Crippen LogP contribution in [0.4, 0.5) is 4.39 Å². The molecule has 3 aromatic rings. The van der Waals surface area contributed by atoms with E-state index in [9.17, 15) is 17.6 Å². The molecule has 0 saturated carbocycles. The van der Waals surface area contributed by atoms with Gasteiger partial charge >= 0.3 is 10.1 Å². The number of rotatable bonds is 6. The highest BCUT2D eigenvalue weighted by atomic mass is 32.2. The van der Waals surface area contributed by atoms with Crippen LogP contribution < -0.4 is 4.18 Å². The quantitative estimate of drug-likeness (QED) is 0.353. The van der Waals surface area contributed by atoms with E-state index in [1.807, 2.05) is 17.5 Å². The minimum Gasteiger partial charge on any atom is -0.379 e. The molecule has 0 N–H and O–H groups in total. The van der Waals surface area contributed by atoms with Gasteiger partial charge in [-0.1, -0.05) is 6.07 Å². The minimum absolute atomic E-state index is 0.0631. The molecule has 1 heterocycles. The second-order valence-electron chi connectivity index (χ2n) is 5.23. The van der Waals surface area contributed by atoms with Crippen molar-refractivity contribution in [2.75, 3.05) is 0 Å². The average Bonchev–Trinajstić information content (AvgIpc) is 3.14. The number of halogens is 1. The maximum absolute atomic E-state index is 12.9. The van der Waals surface area contributed by atoms with Gasteiger partial charge in [0.25, 0.3) is 0 Å². The van der Waals surface area contributed by atoms with Crippen LogP contribution in [0.1, 0.15) is 15.2 Å². The summed E-state index contributed by atoms with van der Waals surface area (Å²) in [5.41, 5.74) is 0.407. The fraction of sp³-hybridized carbons (Fsp3) is 0. The molecule has 0 aliphatic rings. The van der Waals surface area contributed by atoms with Gasteiger partial charge in [-0.15, -0.1) is 11.3 Å². The average molecular weight is 388 g/mol. The molecule has 0 aliphatic carbocycles. The second-order valence-corrected chi connectivity index (χ2v) is 7.75. The smallest absolute Gasteiger partial charge is 0.339 e. The zero-order valence-corrected chi connectivity index (χ0v) is 15.0. The van der Waals surface area contributed by atoms with Gasteiger partial charge in [0.05, 0.1) is 0 Å². The number of carbonyl (C=O) groups is 1. The van der Waals surface area contributed by atoms with Gasteiger partial charge in [0, 0.05) is 10.4 Å². The van der Waals surface area contributed by atoms with Gasteiger partial charge in [-0.25, -0.2) is 4.39 Å². The van der Waals surface area contributed by atoms with Gasteiger partial charge in [0.2, 0.25) is 0 Å². The first-order chi connectivity index (χ1) is 12.4. The Kier molecular flexibility index (Phi) is 5.29. The van der Waals surface area contributed by atoms with Crippen LogP contribution in [0.15, 0.2) is 77.0 Å². The first-order valence-corrected chi connectivity index (χ1v) is 9.79. The summed E-state index contributed by atoms with van der Waals surface area (Å²) in [5, 5.41) is 1.91. The number of hydrogen-bond donors (Lipinski definition) is 0. The number of benzene rings is 2. The molecule has 0 spiro atoms. The molecular formula is C19H13FO4S2. The number of hydrogen-bond acceptors (Lipinski definition) is 5. The van der Waals surface area contributed by atoms with E-state index < -0.39 is 15.9 Å². The van der Waals surface area contributed by atoms with E-state index in [4.69, 9.17) is 4.18 Å². The Labute approximate surface area is 154 Å². The SMILES string of the molecule is O=C(C=Cc1cccs1)c1ccc(OS(=O)(=O)c2ccc(F)cc2)cc1. The maximum Gasteiger partial charge on any atom is 0.339 e. The zero-order valence-electron chi connectivity index (χ0n) is 13.3. The zero-order chi connectivity index (χ0) is 18.6. The van der Waals surface area contributed by atoms with Crippen LogP contribution in [0.5, 0.6) is 5.75 Å². The van der Waals surface area contributed by atoms with E-state index in [0.29, 0.717) is 5.56 Å². The summed E-state index contributed by atoms with van der Waals surface area (Å²) < 4.78 is 42.2. The van der Waals surface area contributed by atoms with Crippen LogP contribution in [0, 0.1) is 5.82 Å². The normalized spacial score (nSPS) is 11.6. The van der Waals surface area contributed by atoms with Crippen LogP contribution in [0.3, 0.4) is 0 Å². The standard InChI is InChI=1S/C19H13FO4S2/c20-15-5-10-18(11-6-15)26(22,23)24-16-7-3-14(4-8-16)19(21)12-9-17-2-1-13-25-17/h1-13H. The molecule has 0 amide bonds. The van der Waals surface area contributed by atoms with Crippen molar-refractivity contribution < 1.29 is 21.8 Å². The lowest BCUT2D eigenvalue weighted by molar-refractivity contribution is 0.104. The molecule has 0 unspecified atom stereocenters. The summed E-state index contributed by atoms with van der Waals surface area (Å²) in [6.07, 6.45) is 3.17. The molecule has 0 aliphatic heterocycles. The molecular weight excluding hydrogens is 375 g/mol. The van der Waals surface area contributed by atoms with Crippen molar-refractivity contribution in [1.82, 2.24) is 0 Å². The fourth-order valence-electron chi connectivity index (χ4n) is 2.09. The van der Waals surface area contributed by atoms with Crippen molar-refractivity contribution in [3.63, 3.8) is 0 Å². The second kappa shape index (κ2) is 7.63. The lowest BCUT2D eigenvalue weighted by Crippen LogP contribution is -2.09. The molecule has 0 fully saturated rings. The Hall–Kier alpha value is -2.77. The first-order valence-electron chi connectivity index (χ1n) is 7.50. The number of carbonyl (C=O) groups excluding carboxylic acids is 1. The third-order valence-electron chi connectivity index (χ3n) is 3.39. The van der Waals surface area contributed by atoms with Gasteiger partial charge in [0.1, 0.15) is 16.5 Å². The topological polar surface area (TPSA) is 60.4 Å². The van der Waals surface area contributed by atoms with Gasteiger partial charge in [-0.3, -0.25) is 4.79 Å². The summed E-state index contributed by atoms with van der Waals surface area (Å²) in [5.74, 6) is -0.679. The number of allylic oxidation sites excluding steroid dienone is 1. The Morgan fingerprint density at radius 3 is 2.31 bits per heavy atom. The van der Waals surface area contributed by atoms with Crippen LogP contribution >= 0.6 is 11.3 Å². The van der Waals surface area contributed by atoms with Crippen molar-refractivity contribution in [3.8, 4) is 5.75 Å². The van der Waals surface area contributed by atoms with E-state index in [0.717, 1.165) is 29.1 Å².